The Morgan fingerprint density at radius 1 is 1.47 bits per heavy atom. The first-order valence-electron chi connectivity index (χ1n) is 5.95. The first-order valence-corrected chi connectivity index (χ1v) is 7.56. The highest BCUT2D eigenvalue weighted by Crippen LogP contribution is 2.16. The Morgan fingerprint density at radius 3 is 2.65 bits per heavy atom. The lowest BCUT2D eigenvalue weighted by Gasteiger charge is -2.29. The summed E-state index contributed by atoms with van der Waals surface area (Å²) >= 11 is 0. The first-order chi connectivity index (χ1) is 7.83. The van der Waals surface area contributed by atoms with Gasteiger partial charge in [-0.1, -0.05) is 6.92 Å². The molecule has 1 heterocycles. The van der Waals surface area contributed by atoms with Gasteiger partial charge < -0.3 is 4.74 Å². The minimum absolute atomic E-state index is 0.00785. The number of rotatable bonds is 5. The van der Waals surface area contributed by atoms with Gasteiger partial charge in [-0.3, -0.25) is 4.79 Å². The second kappa shape index (κ2) is 5.93. The van der Waals surface area contributed by atoms with Crippen molar-refractivity contribution in [3.8, 4) is 0 Å². The molecular weight excluding hydrogens is 242 g/mol. The molecule has 1 aliphatic heterocycles. The molecule has 0 amide bonds. The highest BCUT2D eigenvalue weighted by molar-refractivity contribution is 7.89. The molecule has 5 nitrogen and oxygen atoms in total. The molecule has 1 fully saturated rings. The molecule has 0 radical (unpaired) electrons. The molecule has 100 valence electrons. The van der Waals surface area contributed by atoms with E-state index in [1.54, 1.807) is 6.92 Å². The zero-order valence-electron chi connectivity index (χ0n) is 10.7. The van der Waals surface area contributed by atoms with E-state index in [-0.39, 0.29) is 30.2 Å². The number of hydrogen-bond acceptors (Lipinski definition) is 4. The Kier molecular flexibility index (Phi) is 5.09. The summed E-state index contributed by atoms with van der Waals surface area (Å²) in [7, 11) is -3.28. The molecule has 1 atom stereocenters. The Balaban J connectivity index is 2.50. The van der Waals surface area contributed by atoms with E-state index in [1.807, 2.05) is 13.8 Å². The summed E-state index contributed by atoms with van der Waals surface area (Å²) in [5, 5.41) is 0. The Hall–Kier alpha value is -0.460. The fourth-order valence-electron chi connectivity index (χ4n) is 1.75. The van der Waals surface area contributed by atoms with Gasteiger partial charge in [-0.2, -0.15) is 0 Å². The van der Waals surface area contributed by atoms with Crippen LogP contribution in [0.4, 0.5) is 0 Å². The fourth-order valence-corrected chi connectivity index (χ4v) is 3.14. The van der Waals surface area contributed by atoms with Gasteiger partial charge in [0.25, 0.3) is 0 Å². The largest absolute Gasteiger partial charge is 0.378 e. The SMILES string of the molecule is CC(C)OCCS(=O)(=O)N1CCC(=O)C(C)C1. The van der Waals surface area contributed by atoms with Gasteiger partial charge in [0.05, 0.1) is 18.5 Å². The predicted octanol–water partition coefficient (Wildman–Crippen LogP) is 0.652. The maximum Gasteiger partial charge on any atom is 0.216 e. The van der Waals surface area contributed by atoms with Crippen molar-refractivity contribution in [3.05, 3.63) is 0 Å². The topological polar surface area (TPSA) is 63.7 Å². The van der Waals surface area contributed by atoms with E-state index in [0.717, 1.165) is 0 Å². The van der Waals surface area contributed by atoms with Crippen LogP contribution in [-0.2, 0) is 19.6 Å². The van der Waals surface area contributed by atoms with Crippen LogP contribution in [0.15, 0.2) is 0 Å². The fraction of sp³-hybridized carbons (Fsp3) is 0.909. The summed E-state index contributed by atoms with van der Waals surface area (Å²) < 4.78 is 30.6. The lowest BCUT2D eigenvalue weighted by molar-refractivity contribution is -0.124. The van der Waals surface area contributed by atoms with E-state index in [4.69, 9.17) is 4.74 Å². The van der Waals surface area contributed by atoms with Crippen molar-refractivity contribution in [1.82, 2.24) is 4.31 Å². The lowest BCUT2D eigenvalue weighted by Crippen LogP contribution is -2.44. The summed E-state index contributed by atoms with van der Waals surface area (Å²) in [6.45, 7) is 6.34. The Bertz CT molecular complexity index is 364. The monoisotopic (exact) mass is 263 g/mol. The third-order valence-electron chi connectivity index (χ3n) is 2.82. The van der Waals surface area contributed by atoms with Gasteiger partial charge in [0.15, 0.2) is 0 Å². The molecule has 0 aromatic heterocycles. The molecule has 1 aliphatic rings. The van der Waals surface area contributed by atoms with E-state index in [0.29, 0.717) is 19.5 Å². The van der Waals surface area contributed by atoms with E-state index in [9.17, 15) is 13.2 Å². The Morgan fingerprint density at radius 2 is 2.12 bits per heavy atom. The van der Waals surface area contributed by atoms with Gasteiger partial charge in [-0.25, -0.2) is 12.7 Å². The average molecular weight is 263 g/mol. The first kappa shape index (κ1) is 14.6. The van der Waals surface area contributed by atoms with Crippen LogP contribution in [0.25, 0.3) is 0 Å². The lowest BCUT2D eigenvalue weighted by atomic mass is 10.0. The molecule has 1 unspecified atom stereocenters. The summed E-state index contributed by atoms with van der Waals surface area (Å²) in [6.07, 6.45) is 0.359. The number of carbonyl (C=O) groups excluding carboxylic acids is 1. The van der Waals surface area contributed by atoms with Crippen molar-refractivity contribution >= 4 is 15.8 Å². The average Bonchev–Trinajstić information content (AvgIpc) is 2.21. The van der Waals surface area contributed by atoms with Crippen molar-refractivity contribution in [2.45, 2.75) is 33.3 Å². The number of nitrogens with zero attached hydrogens (tertiary/aromatic N) is 1. The molecule has 17 heavy (non-hydrogen) atoms. The molecule has 0 N–H and O–H groups in total. The number of hydrogen-bond donors (Lipinski definition) is 0. The Labute approximate surface area is 103 Å². The smallest absolute Gasteiger partial charge is 0.216 e. The molecule has 1 saturated heterocycles. The maximum atomic E-state index is 12.0. The van der Waals surface area contributed by atoms with Crippen molar-refractivity contribution in [2.24, 2.45) is 5.92 Å². The van der Waals surface area contributed by atoms with E-state index in [2.05, 4.69) is 0 Å². The van der Waals surface area contributed by atoms with Gasteiger partial charge >= 0.3 is 0 Å². The predicted molar refractivity (Wildman–Crippen MR) is 65.2 cm³/mol. The van der Waals surface area contributed by atoms with Crippen molar-refractivity contribution in [3.63, 3.8) is 0 Å². The quantitative estimate of drug-likeness (QED) is 0.730. The van der Waals surface area contributed by atoms with Crippen molar-refractivity contribution in [2.75, 3.05) is 25.4 Å². The van der Waals surface area contributed by atoms with Crippen LogP contribution in [0.2, 0.25) is 0 Å². The molecule has 1 rings (SSSR count). The molecule has 0 saturated carbocycles. The van der Waals surface area contributed by atoms with Crippen molar-refractivity contribution in [1.29, 1.82) is 0 Å². The minimum Gasteiger partial charge on any atom is -0.378 e. The number of ketones is 1. The van der Waals surface area contributed by atoms with Gasteiger partial charge in [0.1, 0.15) is 5.78 Å². The number of piperidine rings is 1. The van der Waals surface area contributed by atoms with E-state index < -0.39 is 10.0 Å². The summed E-state index contributed by atoms with van der Waals surface area (Å²) in [6, 6.07) is 0. The van der Waals surface area contributed by atoms with Crippen LogP contribution < -0.4 is 0 Å². The highest BCUT2D eigenvalue weighted by Gasteiger charge is 2.30. The van der Waals surface area contributed by atoms with Crippen LogP contribution in [0, 0.1) is 5.92 Å². The second-order valence-corrected chi connectivity index (χ2v) is 6.80. The van der Waals surface area contributed by atoms with Crippen LogP contribution in [0.1, 0.15) is 27.2 Å². The third kappa shape index (κ3) is 4.37. The van der Waals surface area contributed by atoms with Gasteiger partial charge in [0, 0.05) is 25.4 Å². The highest BCUT2D eigenvalue weighted by atomic mass is 32.2. The molecule has 6 heteroatoms. The zero-order valence-corrected chi connectivity index (χ0v) is 11.5. The number of Topliss-reactive ketones (excluding diaryl/α,β-unsaturated/α-hetero) is 1. The second-order valence-electron chi connectivity index (χ2n) is 4.71. The molecule has 0 aromatic rings. The van der Waals surface area contributed by atoms with Gasteiger partial charge in [-0.05, 0) is 13.8 Å². The normalized spacial score (nSPS) is 23.3. The molecule has 0 bridgehead atoms. The summed E-state index contributed by atoms with van der Waals surface area (Å²) in [5.41, 5.74) is 0. The van der Waals surface area contributed by atoms with Crippen LogP contribution in [0.3, 0.4) is 0 Å². The summed E-state index contributed by atoms with van der Waals surface area (Å²) in [4.78, 5) is 11.3. The van der Waals surface area contributed by atoms with E-state index in [1.165, 1.54) is 4.31 Å². The number of sulfonamides is 1. The standard InChI is InChI=1S/C11H21NO4S/c1-9(2)16-6-7-17(14,15)12-5-4-11(13)10(3)8-12/h9-10H,4-8H2,1-3H3. The molecule has 0 aliphatic carbocycles. The summed E-state index contributed by atoms with van der Waals surface area (Å²) in [5.74, 6) is -0.0500. The number of ether oxygens (including phenoxy) is 1. The molecule has 0 spiro atoms. The van der Waals surface area contributed by atoms with Crippen LogP contribution >= 0.6 is 0 Å². The van der Waals surface area contributed by atoms with E-state index >= 15 is 0 Å². The van der Waals surface area contributed by atoms with Gasteiger partial charge in [0.2, 0.25) is 10.0 Å². The van der Waals surface area contributed by atoms with Crippen LogP contribution in [-0.4, -0.2) is 50.1 Å². The number of carbonyl (C=O) groups is 1. The minimum atomic E-state index is -3.28. The van der Waals surface area contributed by atoms with Crippen LogP contribution in [0.5, 0.6) is 0 Å². The van der Waals surface area contributed by atoms with Gasteiger partial charge in [-0.15, -0.1) is 0 Å². The maximum absolute atomic E-state index is 12.0. The molecule has 0 aromatic carbocycles. The third-order valence-corrected chi connectivity index (χ3v) is 4.62. The van der Waals surface area contributed by atoms with Crippen molar-refractivity contribution < 1.29 is 17.9 Å². The molecular formula is C11H21NO4S. The zero-order chi connectivity index (χ0) is 13.1.